The lowest BCUT2D eigenvalue weighted by Crippen LogP contribution is -2.20. The Bertz CT molecular complexity index is 777. The maximum atomic E-state index is 12.7. The largest absolute Gasteiger partial charge is 0.457 e. The van der Waals surface area contributed by atoms with Crippen LogP contribution in [0.25, 0.3) is 0 Å². The number of hydrogen-bond acceptors (Lipinski definition) is 4. The van der Waals surface area contributed by atoms with Gasteiger partial charge in [0.1, 0.15) is 0 Å². The second-order valence-electron chi connectivity index (χ2n) is 4.90. The van der Waals surface area contributed by atoms with E-state index in [1.807, 2.05) is 12.1 Å². The molecular formula is C19H14O4. The highest BCUT2D eigenvalue weighted by molar-refractivity contribution is 6.01. The van der Waals surface area contributed by atoms with Gasteiger partial charge in [0.15, 0.2) is 6.10 Å². The Labute approximate surface area is 133 Å². The summed E-state index contributed by atoms with van der Waals surface area (Å²) in [5, 5.41) is 0. The summed E-state index contributed by atoms with van der Waals surface area (Å²) in [6.07, 6.45) is 0.365. The van der Waals surface area contributed by atoms with E-state index in [9.17, 15) is 9.59 Å². The molecular weight excluding hydrogens is 292 g/mol. The third-order valence-corrected chi connectivity index (χ3v) is 3.35. The molecule has 3 aromatic rings. The molecule has 0 amide bonds. The molecule has 4 heteroatoms. The first-order valence-electron chi connectivity index (χ1n) is 7.14. The van der Waals surface area contributed by atoms with Gasteiger partial charge in [-0.05, 0) is 12.1 Å². The molecule has 0 saturated heterocycles. The van der Waals surface area contributed by atoms with Gasteiger partial charge in [-0.1, -0.05) is 60.7 Å². The first kappa shape index (κ1) is 14.8. The highest BCUT2D eigenvalue weighted by atomic mass is 16.6. The summed E-state index contributed by atoms with van der Waals surface area (Å²) in [7, 11) is 0. The molecule has 0 saturated carbocycles. The zero-order valence-corrected chi connectivity index (χ0v) is 12.2. The minimum absolute atomic E-state index is 0.0618. The Morgan fingerprint density at radius 3 is 2.09 bits per heavy atom. The van der Waals surface area contributed by atoms with Crippen LogP contribution in [-0.2, 0) is 4.74 Å². The van der Waals surface area contributed by atoms with Crippen LogP contribution in [0.5, 0.6) is 0 Å². The van der Waals surface area contributed by atoms with E-state index in [0.717, 1.165) is 0 Å². The number of carbonyl (C=O) groups excluding carboxylic acids is 2. The molecule has 0 N–H and O–H groups in total. The van der Waals surface area contributed by atoms with Gasteiger partial charge in [0.05, 0.1) is 6.26 Å². The van der Waals surface area contributed by atoms with Crippen LogP contribution in [0.3, 0.4) is 0 Å². The fraction of sp³-hybridized carbons (Fsp3) is 0.0526. The Balaban J connectivity index is 1.91. The lowest BCUT2D eigenvalue weighted by Gasteiger charge is -2.16. The number of ketones is 1. The van der Waals surface area contributed by atoms with Crippen molar-refractivity contribution in [2.75, 3.05) is 0 Å². The van der Waals surface area contributed by atoms with Gasteiger partial charge in [0.2, 0.25) is 11.5 Å². The minimum atomic E-state index is -1.02. The van der Waals surface area contributed by atoms with Gasteiger partial charge < -0.3 is 9.15 Å². The van der Waals surface area contributed by atoms with Crippen molar-refractivity contribution in [3.63, 3.8) is 0 Å². The second kappa shape index (κ2) is 6.75. The Hall–Kier alpha value is -3.14. The number of hydrogen-bond donors (Lipinski definition) is 0. The fourth-order valence-corrected chi connectivity index (χ4v) is 2.21. The summed E-state index contributed by atoms with van der Waals surface area (Å²) in [5.41, 5.74) is 1.09. The van der Waals surface area contributed by atoms with Crippen molar-refractivity contribution in [2.45, 2.75) is 6.10 Å². The summed E-state index contributed by atoms with van der Waals surface area (Å²) < 4.78 is 10.4. The predicted octanol–water partition coefficient (Wildman–Crippen LogP) is 4.06. The Morgan fingerprint density at radius 1 is 0.826 bits per heavy atom. The molecule has 1 atom stereocenters. The van der Waals surface area contributed by atoms with E-state index in [4.69, 9.17) is 9.15 Å². The van der Waals surface area contributed by atoms with Crippen molar-refractivity contribution >= 4 is 11.8 Å². The SMILES string of the molecule is O=C(O[C@H](C(=O)c1ccccc1)c1ccccc1)c1ccco1. The Kier molecular flexibility index (Phi) is 4.34. The fourth-order valence-electron chi connectivity index (χ4n) is 2.21. The van der Waals surface area contributed by atoms with Crippen molar-refractivity contribution in [2.24, 2.45) is 0 Å². The average molecular weight is 306 g/mol. The van der Waals surface area contributed by atoms with Gasteiger partial charge in [0, 0.05) is 11.1 Å². The zero-order valence-electron chi connectivity index (χ0n) is 12.2. The van der Waals surface area contributed by atoms with E-state index in [2.05, 4.69) is 0 Å². The van der Waals surface area contributed by atoms with Crippen LogP contribution in [0.2, 0.25) is 0 Å². The lowest BCUT2D eigenvalue weighted by atomic mass is 10.00. The second-order valence-corrected chi connectivity index (χ2v) is 4.90. The van der Waals surface area contributed by atoms with Crippen LogP contribution in [0.4, 0.5) is 0 Å². The van der Waals surface area contributed by atoms with Gasteiger partial charge in [-0.2, -0.15) is 0 Å². The number of furan rings is 1. The number of ether oxygens (including phenoxy) is 1. The third kappa shape index (κ3) is 3.37. The molecule has 0 aliphatic carbocycles. The summed E-state index contributed by atoms with van der Waals surface area (Å²) in [6.45, 7) is 0. The van der Waals surface area contributed by atoms with Gasteiger partial charge in [-0.15, -0.1) is 0 Å². The highest BCUT2D eigenvalue weighted by Crippen LogP contribution is 2.24. The highest BCUT2D eigenvalue weighted by Gasteiger charge is 2.27. The van der Waals surface area contributed by atoms with E-state index in [1.54, 1.807) is 54.6 Å². The van der Waals surface area contributed by atoms with Gasteiger partial charge in [-0.3, -0.25) is 4.79 Å². The molecule has 0 aliphatic heterocycles. The first-order valence-corrected chi connectivity index (χ1v) is 7.14. The topological polar surface area (TPSA) is 56.5 Å². The molecule has 2 aromatic carbocycles. The van der Waals surface area contributed by atoms with Crippen LogP contribution in [-0.4, -0.2) is 11.8 Å². The summed E-state index contributed by atoms with van der Waals surface area (Å²) in [4.78, 5) is 24.9. The molecule has 0 fully saturated rings. The number of Topliss-reactive ketones (excluding diaryl/α,β-unsaturated/α-hetero) is 1. The van der Waals surface area contributed by atoms with E-state index in [0.29, 0.717) is 11.1 Å². The van der Waals surface area contributed by atoms with E-state index in [1.165, 1.54) is 12.3 Å². The van der Waals surface area contributed by atoms with Crippen molar-refractivity contribution in [1.82, 2.24) is 0 Å². The quantitative estimate of drug-likeness (QED) is 0.527. The maximum Gasteiger partial charge on any atom is 0.375 e. The summed E-state index contributed by atoms with van der Waals surface area (Å²) >= 11 is 0. The maximum absolute atomic E-state index is 12.7. The summed E-state index contributed by atoms with van der Waals surface area (Å²) in [6, 6.07) is 20.8. The van der Waals surface area contributed by atoms with Crippen molar-refractivity contribution < 1.29 is 18.7 Å². The minimum Gasteiger partial charge on any atom is -0.457 e. The van der Waals surface area contributed by atoms with Crippen molar-refractivity contribution in [1.29, 1.82) is 0 Å². The molecule has 1 heterocycles. The molecule has 0 radical (unpaired) electrons. The molecule has 0 bridgehead atoms. The van der Waals surface area contributed by atoms with Crippen LogP contribution >= 0.6 is 0 Å². The van der Waals surface area contributed by atoms with Gasteiger partial charge in [0.25, 0.3) is 0 Å². The van der Waals surface area contributed by atoms with Crippen molar-refractivity contribution in [3.8, 4) is 0 Å². The number of esters is 1. The Morgan fingerprint density at radius 2 is 1.48 bits per heavy atom. The molecule has 0 spiro atoms. The third-order valence-electron chi connectivity index (χ3n) is 3.35. The van der Waals surface area contributed by atoms with Crippen LogP contribution in [0, 0.1) is 0 Å². The first-order chi connectivity index (χ1) is 11.3. The number of rotatable bonds is 5. The monoisotopic (exact) mass is 306 g/mol. The van der Waals surface area contributed by atoms with E-state index < -0.39 is 12.1 Å². The standard InChI is InChI=1S/C19H14O4/c20-17(14-8-3-1-4-9-14)18(15-10-5-2-6-11-15)23-19(21)16-12-7-13-22-16/h1-13,18H/t18-/m0/s1. The molecule has 4 nitrogen and oxygen atoms in total. The van der Waals surface area contributed by atoms with Crippen LogP contribution < -0.4 is 0 Å². The normalized spacial score (nSPS) is 11.7. The zero-order chi connectivity index (χ0) is 16.1. The van der Waals surface area contributed by atoms with Gasteiger partial charge in [-0.25, -0.2) is 4.79 Å². The molecule has 0 unspecified atom stereocenters. The molecule has 1 aromatic heterocycles. The smallest absolute Gasteiger partial charge is 0.375 e. The van der Waals surface area contributed by atoms with Gasteiger partial charge >= 0.3 is 5.97 Å². The summed E-state index contributed by atoms with van der Waals surface area (Å²) in [5.74, 6) is -0.892. The molecule has 114 valence electrons. The lowest BCUT2D eigenvalue weighted by molar-refractivity contribution is 0.0250. The van der Waals surface area contributed by atoms with Crippen LogP contribution in [0.1, 0.15) is 32.6 Å². The van der Waals surface area contributed by atoms with E-state index >= 15 is 0 Å². The molecule has 3 rings (SSSR count). The van der Waals surface area contributed by atoms with E-state index in [-0.39, 0.29) is 11.5 Å². The number of benzene rings is 2. The predicted molar refractivity (Wildman–Crippen MR) is 84.1 cm³/mol. The molecule has 23 heavy (non-hydrogen) atoms. The van der Waals surface area contributed by atoms with Crippen LogP contribution in [0.15, 0.2) is 83.5 Å². The number of carbonyl (C=O) groups is 2. The molecule has 0 aliphatic rings. The average Bonchev–Trinajstić information content (AvgIpc) is 3.15. The van der Waals surface area contributed by atoms with Crippen molar-refractivity contribution in [3.05, 3.63) is 95.9 Å².